The average Bonchev–Trinajstić information content (AvgIpc) is 2.86. The lowest BCUT2D eigenvalue weighted by Crippen LogP contribution is -2.43. The largest absolute Gasteiger partial charge is 0.465 e. The molecule has 3 aromatic rings. The number of nitrogens with one attached hydrogen (secondary N) is 3. The van der Waals surface area contributed by atoms with E-state index in [1.165, 1.54) is 13.0 Å². The maximum Gasteiger partial charge on any atom is 0.404 e. The van der Waals surface area contributed by atoms with E-state index in [9.17, 15) is 19.7 Å². The molecule has 37 heavy (non-hydrogen) atoms. The summed E-state index contributed by atoms with van der Waals surface area (Å²) in [6, 6.07) is 17.7. The fraction of sp³-hybridized carbons (Fsp3) is 0.269. The van der Waals surface area contributed by atoms with Crippen LogP contribution in [-0.2, 0) is 11.3 Å². The van der Waals surface area contributed by atoms with Crippen LogP contribution < -0.4 is 16.0 Å². The van der Waals surface area contributed by atoms with Crippen molar-refractivity contribution in [3.8, 4) is 11.3 Å². The van der Waals surface area contributed by atoms with Crippen LogP contribution in [0.15, 0.2) is 60.7 Å². The van der Waals surface area contributed by atoms with Gasteiger partial charge in [-0.05, 0) is 48.7 Å². The van der Waals surface area contributed by atoms with Crippen molar-refractivity contribution >= 4 is 34.9 Å². The average molecular weight is 505 g/mol. The Morgan fingerprint density at radius 3 is 2.46 bits per heavy atom. The Bertz CT molecular complexity index is 1290. The second kappa shape index (κ2) is 11.5. The van der Waals surface area contributed by atoms with Crippen molar-refractivity contribution in [2.75, 3.05) is 23.7 Å². The summed E-state index contributed by atoms with van der Waals surface area (Å²) in [6.45, 7) is 3.76. The molecule has 1 aromatic heterocycles. The highest BCUT2D eigenvalue weighted by Gasteiger charge is 2.21. The van der Waals surface area contributed by atoms with Gasteiger partial charge in [0.05, 0.1) is 10.6 Å². The summed E-state index contributed by atoms with van der Waals surface area (Å²) < 4.78 is 0. The predicted molar refractivity (Wildman–Crippen MR) is 140 cm³/mol. The van der Waals surface area contributed by atoms with Crippen LogP contribution in [0, 0.1) is 10.1 Å². The van der Waals surface area contributed by atoms with Gasteiger partial charge in [-0.15, -0.1) is 0 Å². The van der Waals surface area contributed by atoms with Gasteiger partial charge >= 0.3 is 11.8 Å². The van der Waals surface area contributed by atoms with Gasteiger partial charge in [-0.2, -0.15) is 0 Å². The van der Waals surface area contributed by atoms with E-state index in [0.29, 0.717) is 22.6 Å². The summed E-state index contributed by atoms with van der Waals surface area (Å²) in [4.78, 5) is 40.1. The van der Waals surface area contributed by atoms with Crippen LogP contribution in [0.4, 0.5) is 27.7 Å². The van der Waals surface area contributed by atoms with Gasteiger partial charge in [0.2, 0.25) is 11.7 Å². The van der Waals surface area contributed by atoms with E-state index >= 15 is 0 Å². The number of nitrogens with zero attached hydrogens (tertiary/aromatic N) is 3. The van der Waals surface area contributed by atoms with E-state index in [0.717, 1.165) is 38.0 Å². The number of benzene rings is 2. The first kappa shape index (κ1) is 25.6. The number of amides is 2. The Morgan fingerprint density at radius 2 is 1.81 bits per heavy atom. The van der Waals surface area contributed by atoms with Crippen LogP contribution in [0.3, 0.4) is 0 Å². The number of nitro groups is 1. The van der Waals surface area contributed by atoms with Gasteiger partial charge in [0.25, 0.3) is 0 Å². The number of aromatic nitrogens is 1. The quantitative estimate of drug-likeness (QED) is 0.257. The Morgan fingerprint density at radius 1 is 1.08 bits per heavy atom. The minimum Gasteiger partial charge on any atom is -0.465 e. The Balaban J connectivity index is 1.45. The van der Waals surface area contributed by atoms with Gasteiger partial charge in [-0.25, -0.2) is 9.78 Å². The van der Waals surface area contributed by atoms with Gasteiger partial charge in [0, 0.05) is 55.6 Å². The maximum absolute atomic E-state index is 11.6. The third kappa shape index (κ3) is 7.01. The molecule has 1 aliphatic rings. The van der Waals surface area contributed by atoms with E-state index in [1.54, 1.807) is 24.3 Å². The first-order valence-electron chi connectivity index (χ1n) is 11.9. The van der Waals surface area contributed by atoms with Gasteiger partial charge in [0.15, 0.2) is 0 Å². The minimum absolute atomic E-state index is 0.00717. The molecule has 0 bridgehead atoms. The minimum atomic E-state index is -0.986. The highest BCUT2D eigenvalue weighted by atomic mass is 16.6. The molecular formula is C26H28N6O5. The molecule has 1 saturated heterocycles. The van der Waals surface area contributed by atoms with E-state index in [2.05, 4.69) is 25.8 Å². The molecule has 2 aromatic carbocycles. The van der Waals surface area contributed by atoms with Gasteiger partial charge in [-0.1, -0.05) is 24.3 Å². The van der Waals surface area contributed by atoms with E-state index < -0.39 is 11.0 Å². The van der Waals surface area contributed by atoms with E-state index in [4.69, 9.17) is 5.11 Å². The molecule has 4 rings (SSSR count). The predicted octanol–water partition coefficient (Wildman–Crippen LogP) is 4.59. The fourth-order valence-electron chi connectivity index (χ4n) is 4.31. The van der Waals surface area contributed by atoms with Crippen LogP contribution in [0.25, 0.3) is 11.3 Å². The molecule has 11 nitrogen and oxygen atoms in total. The molecule has 2 heterocycles. The Kier molecular flexibility index (Phi) is 7.94. The highest BCUT2D eigenvalue weighted by Crippen LogP contribution is 2.30. The fourth-order valence-corrected chi connectivity index (χ4v) is 4.31. The molecule has 0 unspecified atom stereocenters. The van der Waals surface area contributed by atoms with Crippen molar-refractivity contribution in [2.45, 2.75) is 32.4 Å². The summed E-state index contributed by atoms with van der Waals surface area (Å²) in [6.07, 6.45) is 0.553. The monoisotopic (exact) mass is 504 g/mol. The molecule has 11 heteroatoms. The molecular weight excluding hydrogens is 476 g/mol. The van der Waals surface area contributed by atoms with Crippen molar-refractivity contribution in [3.63, 3.8) is 0 Å². The molecule has 4 N–H and O–H groups in total. The number of carbonyl (C=O) groups is 2. The van der Waals surface area contributed by atoms with Crippen LogP contribution in [0.1, 0.15) is 25.3 Å². The topological polar surface area (TPSA) is 150 Å². The molecule has 1 fully saturated rings. The molecule has 1 aliphatic heterocycles. The lowest BCUT2D eigenvalue weighted by Gasteiger charge is -2.31. The molecule has 0 radical (unpaired) electrons. The van der Waals surface area contributed by atoms with Crippen LogP contribution >= 0.6 is 0 Å². The molecule has 2 amide bonds. The number of piperidine rings is 1. The number of hydrogen-bond donors (Lipinski definition) is 4. The summed E-state index contributed by atoms with van der Waals surface area (Å²) >= 11 is 0. The number of hydrogen-bond acceptors (Lipinski definition) is 7. The van der Waals surface area contributed by atoms with Crippen molar-refractivity contribution in [3.05, 3.63) is 76.3 Å². The Hall–Kier alpha value is -4.51. The number of carboxylic acid groups (broad SMARTS) is 1. The zero-order valence-corrected chi connectivity index (χ0v) is 20.3. The van der Waals surface area contributed by atoms with Gasteiger partial charge in [0.1, 0.15) is 0 Å². The lowest BCUT2D eigenvalue weighted by atomic mass is 10.0. The second-order valence-electron chi connectivity index (χ2n) is 8.91. The number of likely N-dealkylation sites (tertiary alicyclic amines) is 1. The van der Waals surface area contributed by atoms with Gasteiger partial charge < -0.3 is 21.1 Å². The molecule has 0 saturated carbocycles. The second-order valence-corrected chi connectivity index (χ2v) is 8.91. The van der Waals surface area contributed by atoms with Crippen LogP contribution in [0.5, 0.6) is 0 Å². The van der Waals surface area contributed by atoms with Crippen molar-refractivity contribution in [2.24, 2.45) is 0 Å². The van der Waals surface area contributed by atoms with Crippen molar-refractivity contribution in [1.82, 2.24) is 15.2 Å². The molecule has 0 aliphatic carbocycles. The summed E-state index contributed by atoms with van der Waals surface area (Å²) in [7, 11) is 0. The first-order valence-corrected chi connectivity index (χ1v) is 11.9. The van der Waals surface area contributed by atoms with Crippen molar-refractivity contribution in [1.29, 1.82) is 0 Å². The summed E-state index contributed by atoms with van der Waals surface area (Å²) in [5.74, 6) is -0.0764. The summed E-state index contributed by atoms with van der Waals surface area (Å²) in [5.41, 5.74) is 3.44. The zero-order chi connectivity index (χ0) is 26.4. The Labute approximate surface area is 213 Å². The SMILES string of the molecule is CC(=O)Nc1cccc(-c2ccc([N+](=O)[O-])c(Nc3ccc(CN4CCC(NC(=O)O)CC4)cc3)n2)c1. The molecule has 0 atom stereocenters. The normalized spacial score (nSPS) is 14.1. The lowest BCUT2D eigenvalue weighted by molar-refractivity contribution is -0.384. The number of carbonyl (C=O) groups excluding carboxylic acids is 1. The van der Waals surface area contributed by atoms with Crippen LogP contribution in [-0.4, -0.2) is 51.0 Å². The van der Waals surface area contributed by atoms with Crippen molar-refractivity contribution < 1.29 is 19.6 Å². The maximum atomic E-state index is 11.6. The first-order chi connectivity index (χ1) is 17.8. The zero-order valence-electron chi connectivity index (χ0n) is 20.3. The molecule has 0 spiro atoms. The molecule has 192 valence electrons. The summed E-state index contributed by atoms with van der Waals surface area (Å²) in [5, 5.41) is 28.8. The van der Waals surface area contributed by atoms with Gasteiger partial charge in [-0.3, -0.25) is 19.8 Å². The third-order valence-corrected chi connectivity index (χ3v) is 6.09. The van der Waals surface area contributed by atoms with E-state index in [1.807, 2.05) is 30.3 Å². The van der Waals surface area contributed by atoms with Crippen LogP contribution in [0.2, 0.25) is 0 Å². The van der Waals surface area contributed by atoms with E-state index in [-0.39, 0.29) is 23.5 Å². The number of pyridine rings is 1. The third-order valence-electron chi connectivity index (χ3n) is 6.09. The smallest absolute Gasteiger partial charge is 0.404 e. The standard InChI is InChI=1S/C26H28N6O5/c1-17(33)27-22-4-2-3-19(15-22)23-9-10-24(32(36)37)25(30-23)28-20-7-5-18(6-8-20)16-31-13-11-21(12-14-31)29-26(34)35/h2-10,15,21,29H,11-14,16H2,1H3,(H,27,33)(H,28,30)(H,34,35). The number of rotatable bonds is 8. The number of anilines is 3. The highest BCUT2D eigenvalue weighted by molar-refractivity contribution is 5.89.